The minimum atomic E-state index is 0.786. The Hall–Kier alpha value is -1.18. The van der Waals surface area contributed by atoms with E-state index in [2.05, 4.69) is 44.3 Å². The van der Waals surface area contributed by atoms with Gasteiger partial charge in [-0.05, 0) is 37.5 Å². The van der Waals surface area contributed by atoms with E-state index < -0.39 is 0 Å². The van der Waals surface area contributed by atoms with Gasteiger partial charge in [0.15, 0.2) is 0 Å². The third-order valence-corrected chi connectivity index (χ3v) is 3.19. The maximum Gasteiger partial charge on any atom is 0.142 e. The molecule has 0 aliphatic carbocycles. The fourth-order valence-corrected chi connectivity index (χ4v) is 2.06. The van der Waals surface area contributed by atoms with Gasteiger partial charge in [-0.2, -0.15) is 0 Å². The van der Waals surface area contributed by atoms with Crippen molar-refractivity contribution in [2.24, 2.45) is 0 Å². The normalized spacial score (nSPS) is 10.5. The van der Waals surface area contributed by atoms with Crippen molar-refractivity contribution in [2.45, 2.75) is 59.3 Å². The van der Waals surface area contributed by atoms with Crippen molar-refractivity contribution in [3.05, 3.63) is 23.8 Å². The van der Waals surface area contributed by atoms with E-state index in [1.54, 1.807) is 0 Å². The fraction of sp³-hybridized carbons (Fsp3) is 0.647. The number of aryl methyl sites for hydroxylation is 1. The molecule has 2 nitrogen and oxygen atoms in total. The molecule has 108 valence electrons. The topological polar surface area (TPSA) is 21.3 Å². The van der Waals surface area contributed by atoms with Crippen molar-refractivity contribution in [1.29, 1.82) is 0 Å². The quantitative estimate of drug-likeness (QED) is 0.588. The largest absolute Gasteiger partial charge is 0.491 e. The van der Waals surface area contributed by atoms with Crippen molar-refractivity contribution >= 4 is 5.69 Å². The number of unbranched alkanes of at least 4 members (excludes halogenated alkanes) is 4. The highest BCUT2D eigenvalue weighted by molar-refractivity contribution is 5.57. The van der Waals surface area contributed by atoms with E-state index in [0.29, 0.717) is 0 Å². The molecule has 19 heavy (non-hydrogen) atoms. The molecule has 0 aliphatic rings. The van der Waals surface area contributed by atoms with Gasteiger partial charge in [-0.25, -0.2) is 0 Å². The van der Waals surface area contributed by atoms with Crippen LogP contribution in [0.4, 0.5) is 5.69 Å². The molecule has 0 aliphatic heterocycles. The Morgan fingerprint density at radius 2 is 1.79 bits per heavy atom. The molecule has 0 atom stereocenters. The number of anilines is 1. The Labute approximate surface area is 118 Å². The monoisotopic (exact) mass is 263 g/mol. The van der Waals surface area contributed by atoms with Crippen LogP contribution in [0.1, 0.15) is 57.9 Å². The summed E-state index contributed by atoms with van der Waals surface area (Å²) in [6.45, 7) is 8.32. The van der Waals surface area contributed by atoms with Crippen LogP contribution in [-0.4, -0.2) is 13.2 Å². The lowest BCUT2D eigenvalue weighted by Gasteiger charge is -2.13. The molecule has 0 unspecified atom stereocenters. The molecule has 0 aromatic heterocycles. The van der Waals surface area contributed by atoms with Gasteiger partial charge in [-0.15, -0.1) is 0 Å². The Morgan fingerprint density at radius 3 is 2.53 bits per heavy atom. The summed E-state index contributed by atoms with van der Waals surface area (Å²) in [5, 5.41) is 3.50. The van der Waals surface area contributed by atoms with Gasteiger partial charge >= 0.3 is 0 Å². The third-order valence-electron chi connectivity index (χ3n) is 3.19. The van der Waals surface area contributed by atoms with Crippen LogP contribution >= 0.6 is 0 Å². The number of rotatable bonds is 10. The summed E-state index contributed by atoms with van der Waals surface area (Å²) in [4.78, 5) is 0. The summed E-state index contributed by atoms with van der Waals surface area (Å²) in [5.74, 6) is 0.996. The van der Waals surface area contributed by atoms with Crippen molar-refractivity contribution < 1.29 is 4.74 Å². The maximum absolute atomic E-state index is 5.80. The second kappa shape index (κ2) is 9.71. The molecule has 0 amide bonds. The first-order chi connectivity index (χ1) is 9.27. The Bertz CT molecular complexity index is 349. The predicted octanol–water partition coefficient (Wildman–Crippen LogP) is 5.17. The molecule has 0 heterocycles. The van der Waals surface area contributed by atoms with E-state index in [1.165, 1.54) is 37.7 Å². The molecule has 2 heteroatoms. The molecule has 0 spiro atoms. The highest BCUT2D eigenvalue weighted by atomic mass is 16.5. The highest BCUT2D eigenvalue weighted by Crippen LogP contribution is 2.26. The van der Waals surface area contributed by atoms with E-state index in [4.69, 9.17) is 4.74 Å². The zero-order valence-corrected chi connectivity index (χ0v) is 12.8. The van der Waals surface area contributed by atoms with Gasteiger partial charge in [0.25, 0.3) is 0 Å². The smallest absolute Gasteiger partial charge is 0.142 e. The van der Waals surface area contributed by atoms with E-state index in [9.17, 15) is 0 Å². The second-order valence-corrected chi connectivity index (χ2v) is 5.19. The first kappa shape index (κ1) is 15.9. The third kappa shape index (κ3) is 6.51. The maximum atomic E-state index is 5.80. The van der Waals surface area contributed by atoms with Gasteiger partial charge < -0.3 is 10.1 Å². The summed E-state index contributed by atoms with van der Waals surface area (Å²) in [5.41, 5.74) is 2.38. The number of hydrogen-bond donors (Lipinski definition) is 1. The summed E-state index contributed by atoms with van der Waals surface area (Å²) in [7, 11) is 0. The molecule has 0 saturated heterocycles. The van der Waals surface area contributed by atoms with Crippen LogP contribution in [-0.2, 0) is 0 Å². The average Bonchev–Trinajstić information content (AvgIpc) is 2.42. The number of benzene rings is 1. The van der Waals surface area contributed by atoms with Crippen LogP contribution in [0.15, 0.2) is 18.2 Å². The summed E-state index contributed by atoms with van der Waals surface area (Å²) >= 11 is 0. The average molecular weight is 263 g/mol. The van der Waals surface area contributed by atoms with Crippen molar-refractivity contribution in [3.63, 3.8) is 0 Å². The molecule has 0 bridgehead atoms. The lowest BCUT2D eigenvalue weighted by molar-refractivity contribution is 0.318. The zero-order valence-electron chi connectivity index (χ0n) is 12.8. The zero-order chi connectivity index (χ0) is 13.9. The van der Waals surface area contributed by atoms with Gasteiger partial charge in [-0.1, -0.05) is 45.6 Å². The molecule has 1 aromatic rings. The molecule has 1 rings (SSSR count). The van der Waals surface area contributed by atoms with E-state index in [-0.39, 0.29) is 0 Å². The van der Waals surface area contributed by atoms with Crippen LogP contribution in [0, 0.1) is 6.92 Å². The lowest BCUT2D eigenvalue weighted by atomic mass is 10.1. The minimum Gasteiger partial charge on any atom is -0.491 e. The standard InChI is InChI=1S/C17H29NO/c1-4-6-7-8-9-12-18-16-11-10-15(3)14-17(16)19-13-5-2/h10-11,14,18H,4-9,12-13H2,1-3H3. The summed E-state index contributed by atoms with van der Waals surface area (Å²) in [6.07, 6.45) is 7.62. The Balaban J connectivity index is 2.38. The first-order valence-electron chi connectivity index (χ1n) is 7.75. The van der Waals surface area contributed by atoms with Gasteiger partial charge in [0.2, 0.25) is 0 Å². The second-order valence-electron chi connectivity index (χ2n) is 5.19. The molecule has 0 radical (unpaired) electrons. The van der Waals surface area contributed by atoms with Crippen LogP contribution in [0.2, 0.25) is 0 Å². The molecular formula is C17H29NO. The van der Waals surface area contributed by atoms with Crippen LogP contribution < -0.4 is 10.1 Å². The van der Waals surface area contributed by atoms with E-state index in [0.717, 1.165) is 31.0 Å². The number of nitrogens with one attached hydrogen (secondary N) is 1. The summed E-state index contributed by atoms with van der Waals surface area (Å²) in [6, 6.07) is 6.39. The van der Waals surface area contributed by atoms with E-state index >= 15 is 0 Å². The number of hydrogen-bond acceptors (Lipinski definition) is 2. The molecule has 0 fully saturated rings. The molecule has 1 aromatic carbocycles. The highest BCUT2D eigenvalue weighted by Gasteiger charge is 2.03. The SMILES string of the molecule is CCCCCCCNc1ccc(C)cc1OCCC. The van der Waals surface area contributed by atoms with E-state index in [1.807, 2.05) is 0 Å². The van der Waals surface area contributed by atoms with Crippen molar-refractivity contribution in [1.82, 2.24) is 0 Å². The lowest BCUT2D eigenvalue weighted by Crippen LogP contribution is -2.05. The summed E-state index contributed by atoms with van der Waals surface area (Å²) < 4.78 is 5.80. The molecular weight excluding hydrogens is 234 g/mol. The first-order valence-corrected chi connectivity index (χ1v) is 7.75. The predicted molar refractivity (Wildman–Crippen MR) is 84.2 cm³/mol. The Kier molecular flexibility index (Phi) is 8.11. The van der Waals surface area contributed by atoms with Gasteiger partial charge in [-0.3, -0.25) is 0 Å². The fourth-order valence-electron chi connectivity index (χ4n) is 2.06. The molecule has 0 saturated carbocycles. The van der Waals surface area contributed by atoms with Gasteiger partial charge in [0.05, 0.1) is 12.3 Å². The van der Waals surface area contributed by atoms with Gasteiger partial charge in [0.1, 0.15) is 5.75 Å². The van der Waals surface area contributed by atoms with Crippen LogP contribution in [0.5, 0.6) is 5.75 Å². The van der Waals surface area contributed by atoms with Crippen molar-refractivity contribution in [2.75, 3.05) is 18.5 Å². The van der Waals surface area contributed by atoms with Gasteiger partial charge in [0, 0.05) is 6.54 Å². The van der Waals surface area contributed by atoms with Crippen LogP contribution in [0.3, 0.4) is 0 Å². The Morgan fingerprint density at radius 1 is 1.00 bits per heavy atom. The minimum absolute atomic E-state index is 0.786. The molecule has 1 N–H and O–H groups in total. The van der Waals surface area contributed by atoms with Crippen molar-refractivity contribution in [3.8, 4) is 5.75 Å². The number of ether oxygens (including phenoxy) is 1. The van der Waals surface area contributed by atoms with Crippen LogP contribution in [0.25, 0.3) is 0 Å².